The van der Waals surface area contributed by atoms with E-state index in [0.717, 1.165) is 0 Å². The number of isothiocyanates is 1. The van der Waals surface area contributed by atoms with Crippen molar-refractivity contribution in [1.29, 1.82) is 0 Å². The Hall–Kier alpha value is 1.12. The van der Waals surface area contributed by atoms with Gasteiger partial charge in [0.2, 0.25) is 0 Å². The number of halogens is 1. The summed E-state index contributed by atoms with van der Waals surface area (Å²) in [6.07, 6.45) is 0. The summed E-state index contributed by atoms with van der Waals surface area (Å²) in [6, 6.07) is 0. The van der Waals surface area contributed by atoms with Gasteiger partial charge < -0.3 is 5.41 Å². The van der Waals surface area contributed by atoms with Crippen LogP contribution < -0.4 is 56.4 Å². The topological polar surface area (TPSA) is 115 Å². The molecule has 0 amide bonds. The van der Waals surface area contributed by atoms with Crippen LogP contribution in [0.15, 0.2) is 0 Å². The molecular weight excluding hydrogens is 171 g/mol. The van der Waals surface area contributed by atoms with Gasteiger partial charge in [0, 0.05) is 0 Å². The van der Waals surface area contributed by atoms with E-state index in [1.165, 1.54) is 5.16 Å². The Morgan fingerprint density at radius 1 is 1.10 bits per heavy atom. The molecule has 0 aliphatic rings. The number of rotatable bonds is 0. The van der Waals surface area contributed by atoms with Gasteiger partial charge in [-0.05, 0) is 0 Å². The smallest absolute Gasteiger partial charge is 0.753 e. The van der Waals surface area contributed by atoms with E-state index in [1.807, 2.05) is 0 Å². The van der Waals surface area contributed by atoms with Gasteiger partial charge in [0.1, 0.15) is 0 Å². The summed E-state index contributed by atoms with van der Waals surface area (Å²) >= 11 is 3.70. The molecule has 0 saturated carbocycles. The summed E-state index contributed by atoms with van der Waals surface area (Å²) in [6.45, 7) is 0. The van der Waals surface area contributed by atoms with Crippen LogP contribution in [0.3, 0.4) is 0 Å². The Balaban J connectivity index is -0.0000000326. The van der Waals surface area contributed by atoms with Crippen molar-refractivity contribution in [2.75, 3.05) is 0 Å². The van der Waals surface area contributed by atoms with Crippen molar-refractivity contribution in [3.8, 4) is 0 Å². The molecule has 0 saturated heterocycles. The fourth-order valence-corrected chi connectivity index (χ4v) is 0. The third-order valence-corrected chi connectivity index (χ3v) is 0. The Morgan fingerprint density at radius 3 is 1.10 bits per heavy atom. The first-order valence-corrected chi connectivity index (χ1v) is 2.69. The average Bonchev–Trinajstić information content (AvgIpc) is 1.27. The standard InChI is InChI=1S/CNS.ClHO4.2Li/c2-1-3;2-1(3,4)5;;/h;(H,2,3,4,5);;/q-1;;2*+1/p-1. The molecule has 0 bridgehead atoms. The van der Waals surface area contributed by atoms with E-state index in [0.29, 0.717) is 0 Å². The first-order valence-electron chi connectivity index (χ1n) is 1.04. The summed E-state index contributed by atoms with van der Waals surface area (Å²) in [5.74, 6) is 0. The minimum Gasteiger partial charge on any atom is -0.753 e. The van der Waals surface area contributed by atoms with Crippen LogP contribution in [-0.2, 0) is 0 Å². The Kier molecular flexibility index (Phi) is 28.7. The zero-order valence-corrected chi connectivity index (χ0v) is 6.94. The van der Waals surface area contributed by atoms with Crippen molar-refractivity contribution in [2.45, 2.75) is 0 Å². The Labute approximate surface area is 89.0 Å². The number of nitrogens with zero attached hydrogens (tertiary/aromatic N) is 1. The van der Waals surface area contributed by atoms with Gasteiger partial charge in [-0.2, -0.15) is 5.16 Å². The molecule has 0 aliphatic carbocycles. The zero-order valence-electron chi connectivity index (χ0n) is 5.37. The predicted molar refractivity (Wildman–Crippen MR) is 16.0 cm³/mol. The number of hydrogen-bond acceptors (Lipinski definition) is 5. The minimum atomic E-state index is -4.94. The molecule has 48 valence electrons. The van der Waals surface area contributed by atoms with Crippen molar-refractivity contribution in [2.24, 2.45) is 0 Å². The average molecular weight is 171 g/mol. The molecule has 0 rings (SSSR count). The van der Waals surface area contributed by atoms with Crippen LogP contribution in [0.4, 0.5) is 0 Å². The molecule has 0 aromatic heterocycles. The second-order valence-corrected chi connectivity index (χ2v) is 1.41. The van der Waals surface area contributed by atoms with E-state index in [-0.39, 0.29) is 37.7 Å². The third-order valence-electron chi connectivity index (χ3n) is 0. The molecule has 0 atom stereocenters. The molecule has 0 unspecified atom stereocenters. The molecule has 9 heteroatoms. The van der Waals surface area contributed by atoms with Crippen molar-refractivity contribution >= 4 is 17.4 Å². The SMILES string of the molecule is [Li+].[Li+].[N-]=C=S.[O-][Cl+3]([O-])([O-])[O-]. The van der Waals surface area contributed by atoms with Crippen LogP contribution >= 0.6 is 12.2 Å². The van der Waals surface area contributed by atoms with Crippen LogP contribution in [0, 0.1) is 10.2 Å². The van der Waals surface area contributed by atoms with Gasteiger partial charge in [0.25, 0.3) is 0 Å². The second-order valence-electron chi connectivity index (χ2n) is 0.469. The summed E-state index contributed by atoms with van der Waals surface area (Å²) in [4.78, 5) is 0. The third kappa shape index (κ3) is 476. The molecule has 0 aromatic rings. The van der Waals surface area contributed by atoms with E-state index in [4.69, 9.17) is 24.0 Å². The largest absolute Gasteiger partial charge is 1.00 e. The van der Waals surface area contributed by atoms with Crippen molar-refractivity contribution < 1.29 is 66.6 Å². The second kappa shape index (κ2) is 12.8. The van der Waals surface area contributed by atoms with Crippen LogP contribution in [0.1, 0.15) is 0 Å². The van der Waals surface area contributed by atoms with E-state index in [1.54, 1.807) is 0 Å². The fourth-order valence-electron chi connectivity index (χ4n) is 0. The summed E-state index contributed by atoms with van der Waals surface area (Å²) < 4.78 is 34.0. The number of thiocarbonyl (C=S) groups is 1. The van der Waals surface area contributed by atoms with Gasteiger partial charge in [0.15, 0.2) is 0 Å². The maximum atomic E-state index is 8.49. The van der Waals surface area contributed by atoms with Gasteiger partial charge >= 0.3 is 37.7 Å². The van der Waals surface area contributed by atoms with Gasteiger partial charge in [-0.3, -0.25) is 0 Å². The molecule has 0 fully saturated rings. The van der Waals surface area contributed by atoms with Crippen molar-refractivity contribution in [3.05, 3.63) is 5.41 Å². The Bertz CT molecular complexity index is 83.7. The number of hydrogen-bond donors (Lipinski definition) is 0. The summed E-state index contributed by atoms with van der Waals surface area (Å²) in [7, 11) is -4.94. The molecule has 0 radical (unpaired) electrons. The van der Waals surface area contributed by atoms with Crippen molar-refractivity contribution in [3.63, 3.8) is 0 Å². The normalized spacial score (nSPS) is 6.80. The first kappa shape index (κ1) is 22.5. The van der Waals surface area contributed by atoms with Crippen LogP contribution in [-0.4, -0.2) is 5.16 Å². The van der Waals surface area contributed by atoms with Gasteiger partial charge in [0.05, 0.1) is 0 Å². The summed E-state index contributed by atoms with van der Waals surface area (Å²) in [5.41, 5.74) is 0. The van der Waals surface area contributed by atoms with Crippen LogP contribution in [0.25, 0.3) is 5.41 Å². The molecule has 0 N–H and O–H groups in total. The Morgan fingerprint density at radius 2 is 1.10 bits per heavy atom. The van der Waals surface area contributed by atoms with Crippen LogP contribution in [0.5, 0.6) is 0 Å². The molecule has 10 heavy (non-hydrogen) atoms. The molecule has 0 aliphatic heterocycles. The maximum Gasteiger partial charge on any atom is 1.00 e. The predicted octanol–water partition coefficient (Wildman–Crippen LogP) is -10.1. The van der Waals surface area contributed by atoms with E-state index < -0.39 is 10.2 Å². The van der Waals surface area contributed by atoms with Crippen LogP contribution in [0.2, 0.25) is 0 Å². The summed E-state index contributed by atoms with van der Waals surface area (Å²) in [5, 5.41) is 8.47. The maximum absolute atomic E-state index is 8.49. The molecule has 5 nitrogen and oxygen atoms in total. The molecule has 0 heterocycles. The molecule has 0 aromatic carbocycles. The zero-order chi connectivity index (χ0) is 7.21. The molecular formula is CClLi2NO4S. The minimum absolute atomic E-state index is 0. The van der Waals surface area contributed by atoms with Gasteiger partial charge in [-0.1, -0.05) is 12.2 Å². The molecule has 0 spiro atoms. The van der Waals surface area contributed by atoms with Gasteiger partial charge in [-0.25, -0.2) is 18.6 Å². The fraction of sp³-hybridized carbons (Fsp3) is 0. The van der Waals surface area contributed by atoms with E-state index in [2.05, 4.69) is 12.2 Å². The van der Waals surface area contributed by atoms with E-state index >= 15 is 0 Å². The van der Waals surface area contributed by atoms with E-state index in [9.17, 15) is 0 Å². The van der Waals surface area contributed by atoms with Gasteiger partial charge in [-0.15, -0.1) is 10.2 Å². The monoisotopic (exact) mass is 171 g/mol. The quantitative estimate of drug-likeness (QED) is 0.204. The van der Waals surface area contributed by atoms with Crippen molar-refractivity contribution in [1.82, 2.24) is 0 Å². The first-order chi connectivity index (χ1) is 3.41.